The molecule has 5 nitrogen and oxygen atoms in total. The molecule has 1 amide bonds. The number of amides is 1. The molecule has 0 bridgehead atoms. The topological polar surface area (TPSA) is 58.6 Å². The average Bonchev–Trinajstić information content (AvgIpc) is 2.69. The van der Waals surface area contributed by atoms with Crippen LogP contribution in [-0.2, 0) is 16.1 Å². The Balaban J connectivity index is 1.64. The number of likely N-dealkylation sites (tertiary alicyclic amines) is 1. The summed E-state index contributed by atoms with van der Waals surface area (Å²) in [5, 5.41) is 2.95. The highest BCUT2D eigenvalue weighted by atomic mass is 16.5. The van der Waals surface area contributed by atoms with E-state index in [1.807, 2.05) is 6.07 Å². The summed E-state index contributed by atoms with van der Waals surface area (Å²) in [7, 11) is 0. The molecule has 1 fully saturated rings. The smallest absolute Gasteiger partial charge is 0.340 e. The number of hydrogen-bond acceptors (Lipinski definition) is 4. The van der Waals surface area contributed by atoms with Crippen LogP contribution in [0.1, 0.15) is 41.3 Å². The molecular formula is C23H28N2O3. The second-order valence-corrected chi connectivity index (χ2v) is 7.32. The van der Waals surface area contributed by atoms with E-state index in [9.17, 15) is 9.59 Å². The van der Waals surface area contributed by atoms with Gasteiger partial charge in [-0.05, 0) is 50.9 Å². The van der Waals surface area contributed by atoms with Crippen molar-refractivity contribution in [1.82, 2.24) is 4.90 Å². The van der Waals surface area contributed by atoms with E-state index in [1.165, 1.54) is 11.1 Å². The number of esters is 1. The van der Waals surface area contributed by atoms with Gasteiger partial charge in [0, 0.05) is 13.1 Å². The standard InChI is InChI=1S/C23H28N2O3/c1-3-28-23(27)20-11-4-5-12-21(20)24-22(26)19-10-7-13-25(16-19)15-18-9-6-8-17(2)14-18/h4-6,8-9,11-12,14,19H,3,7,10,13,15-16H2,1-2H3,(H,24,26). The maximum absolute atomic E-state index is 12.9. The molecule has 1 heterocycles. The van der Waals surface area contributed by atoms with Gasteiger partial charge in [-0.3, -0.25) is 9.69 Å². The maximum Gasteiger partial charge on any atom is 0.340 e. The second-order valence-electron chi connectivity index (χ2n) is 7.32. The van der Waals surface area contributed by atoms with Crippen LogP contribution in [0, 0.1) is 12.8 Å². The summed E-state index contributed by atoms with van der Waals surface area (Å²) in [6.45, 7) is 6.74. The van der Waals surface area contributed by atoms with Crippen LogP contribution in [0.5, 0.6) is 0 Å². The first-order chi connectivity index (χ1) is 13.6. The van der Waals surface area contributed by atoms with Gasteiger partial charge in [-0.15, -0.1) is 0 Å². The first-order valence-electron chi connectivity index (χ1n) is 9.91. The number of para-hydroxylation sites is 1. The third kappa shape index (κ3) is 5.20. The number of rotatable bonds is 6. The molecule has 0 saturated carbocycles. The van der Waals surface area contributed by atoms with Gasteiger partial charge in [0.05, 0.1) is 23.8 Å². The van der Waals surface area contributed by atoms with Crippen molar-refractivity contribution >= 4 is 17.6 Å². The van der Waals surface area contributed by atoms with Gasteiger partial charge >= 0.3 is 5.97 Å². The molecule has 0 aromatic heterocycles. The lowest BCUT2D eigenvalue weighted by Gasteiger charge is -2.32. The SMILES string of the molecule is CCOC(=O)c1ccccc1NC(=O)C1CCCN(Cc2cccc(C)c2)C1. The molecule has 28 heavy (non-hydrogen) atoms. The van der Waals surface area contributed by atoms with E-state index in [1.54, 1.807) is 25.1 Å². The molecular weight excluding hydrogens is 352 g/mol. The van der Waals surface area contributed by atoms with E-state index in [0.29, 0.717) is 17.9 Å². The van der Waals surface area contributed by atoms with Crippen LogP contribution in [0.3, 0.4) is 0 Å². The molecule has 2 aromatic carbocycles. The minimum atomic E-state index is -0.414. The zero-order chi connectivity index (χ0) is 19.9. The molecule has 1 aliphatic rings. The van der Waals surface area contributed by atoms with Crippen LogP contribution >= 0.6 is 0 Å². The van der Waals surface area contributed by atoms with Gasteiger partial charge < -0.3 is 10.1 Å². The predicted octanol–water partition coefficient (Wildman–Crippen LogP) is 4.02. The second kappa shape index (κ2) is 9.51. The number of nitrogens with one attached hydrogen (secondary N) is 1. The highest BCUT2D eigenvalue weighted by molar-refractivity contribution is 6.01. The van der Waals surface area contributed by atoms with E-state index in [4.69, 9.17) is 4.74 Å². The van der Waals surface area contributed by atoms with Crippen molar-refractivity contribution in [3.8, 4) is 0 Å². The predicted molar refractivity (Wildman–Crippen MR) is 110 cm³/mol. The van der Waals surface area contributed by atoms with Crippen molar-refractivity contribution in [3.05, 3.63) is 65.2 Å². The summed E-state index contributed by atoms with van der Waals surface area (Å²) in [6.07, 6.45) is 1.85. The largest absolute Gasteiger partial charge is 0.462 e. The molecule has 1 N–H and O–H groups in total. The third-order valence-corrected chi connectivity index (χ3v) is 5.05. The zero-order valence-electron chi connectivity index (χ0n) is 16.6. The summed E-state index contributed by atoms with van der Waals surface area (Å²) >= 11 is 0. The zero-order valence-corrected chi connectivity index (χ0v) is 16.6. The fourth-order valence-electron chi connectivity index (χ4n) is 3.70. The number of aryl methyl sites for hydroxylation is 1. The van der Waals surface area contributed by atoms with Gasteiger partial charge in [0.15, 0.2) is 0 Å². The molecule has 0 spiro atoms. The highest BCUT2D eigenvalue weighted by Crippen LogP contribution is 2.22. The summed E-state index contributed by atoms with van der Waals surface area (Å²) in [5.41, 5.74) is 3.43. The summed E-state index contributed by atoms with van der Waals surface area (Å²) in [4.78, 5) is 27.3. The van der Waals surface area contributed by atoms with Crippen LogP contribution in [0.2, 0.25) is 0 Å². The lowest BCUT2D eigenvalue weighted by molar-refractivity contribution is -0.121. The Labute approximate surface area is 166 Å². The number of nitrogens with zero attached hydrogens (tertiary/aromatic N) is 1. The van der Waals surface area contributed by atoms with Crippen LogP contribution in [-0.4, -0.2) is 36.5 Å². The molecule has 1 atom stereocenters. The van der Waals surface area contributed by atoms with Gasteiger partial charge in [0.1, 0.15) is 0 Å². The van der Waals surface area contributed by atoms with Gasteiger partial charge in [-0.2, -0.15) is 0 Å². The van der Waals surface area contributed by atoms with Crippen molar-refractivity contribution in [2.45, 2.75) is 33.2 Å². The highest BCUT2D eigenvalue weighted by Gasteiger charge is 2.26. The molecule has 5 heteroatoms. The monoisotopic (exact) mass is 380 g/mol. The number of ether oxygens (including phenoxy) is 1. The Morgan fingerprint density at radius 2 is 2.00 bits per heavy atom. The molecule has 1 saturated heterocycles. The minimum absolute atomic E-state index is 0.0364. The Kier molecular flexibility index (Phi) is 6.82. The maximum atomic E-state index is 12.9. The summed E-state index contributed by atoms with van der Waals surface area (Å²) < 4.78 is 5.09. The Bertz CT molecular complexity index is 834. The number of piperidine rings is 1. The first-order valence-corrected chi connectivity index (χ1v) is 9.91. The van der Waals surface area contributed by atoms with Crippen LogP contribution in [0.25, 0.3) is 0 Å². The van der Waals surface area contributed by atoms with E-state index in [-0.39, 0.29) is 11.8 Å². The van der Waals surface area contributed by atoms with Crippen LogP contribution in [0.4, 0.5) is 5.69 Å². The number of benzene rings is 2. The lowest BCUT2D eigenvalue weighted by Crippen LogP contribution is -2.40. The van der Waals surface area contributed by atoms with Crippen molar-refractivity contribution in [2.75, 3.05) is 25.0 Å². The lowest BCUT2D eigenvalue weighted by atomic mass is 9.96. The average molecular weight is 380 g/mol. The minimum Gasteiger partial charge on any atom is -0.462 e. The number of hydrogen-bond donors (Lipinski definition) is 1. The van der Waals surface area contributed by atoms with Gasteiger partial charge in [-0.1, -0.05) is 42.0 Å². The molecule has 0 radical (unpaired) electrons. The first kappa shape index (κ1) is 20.1. The number of carbonyl (C=O) groups excluding carboxylic acids is 2. The van der Waals surface area contributed by atoms with Crippen molar-refractivity contribution in [3.63, 3.8) is 0 Å². The number of anilines is 1. The normalized spacial score (nSPS) is 17.1. The van der Waals surface area contributed by atoms with E-state index in [0.717, 1.165) is 32.5 Å². The molecule has 2 aromatic rings. The van der Waals surface area contributed by atoms with E-state index in [2.05, 4.69) is 41.4 Å². The van der Waals surface area contributed by atoms with Gasteiger partial charge in [-0.25, -0.2) is 4.79 Å². The Morgan fingerprint density at radius 3 is 2.79 bits per heavy atom. The van der Waals surface area contributed by atoms with Crippen LogP contribution < -0.4 is 5.32 Å². The molecule has 148 valence electrons. The van der Waals surface area contributed by atoms with Crippen molar-refractivity contribution in [2.24, 2.45) is 5.92 Å². The molecule has 1 unspecified atom stereocenters. The van der Waals surface area contributed by atoms with E-state index >= 15 is 0 Å². The fourth-order valence-corrected chi connectivity index (χ4v) is 3.70. The van der Waals surface area contributed by atoms with E-state index < -0.39 is 5.97 Å². The van der Waals surface area contributed by atoms with Crippen molar-refractivity contribution in [1.29, 1.82) is 0 Å². The third-order valence-electron chi connectivity index (χ3n) is 5.05. The molecule has 1 aliphatic heterocycles. The van der Waals surface area contributed by atoms with Crippen molar-refractivity contribution < 1.29 is 14.3 Å². The quantitative estimate of drug-likeness (QED) is 0.769. The molecule has 3 rings (SSSR count). The summed E-state index contributed by atoms with van der Waals surface area (Å²) in [5.74, 6) is -0.539. The Morgan fingerprint density at radius 1 is 1.18 bits per heavy atom. The fraction of sp³-hybridized carbons (Fsp3) is 0.391. The molecule has 0 aliphatic carbocycles. The van der Waals surface area contributed by atoms with Crippen LogP contribution in [0.15, 0.2) is 48.5 Å². The van der Waals surface area contributed by atoms with Gasteiger partial charge in [0.25, 0.3) is 0 Å². The van der Waals surface area contributed by atoms with Gasteiger partial charge in [0.2, 0.25) is 5.91 Å². The number of carbonyl (C=O) groups is 2. The Hall–Kier alpha value is -2.66. The summed E-state index contributed by atoms with van der Waals surface area (Å²) in [6, 6.07) is 15.5.